The minimum absolute atomic E-state index is 0.548. The second-order valence-corrected chi connectivity index (χ2v) is 3.63. The highest BCUT2D eigenvalue weighted by molar-refractivity contribution is 5.75. The lowest BCUT2D eigenvalue weighted by molar-refractivity contribution is -0.138. The molecule has 0 spiro atoms. The predicted octanol–water partition coefficient (Wildman–Crippen LogP) is 1.83. The first kappa shape index (κ1) is 9.71. The number of nitrogens with zero attached hydrogens (tertiary/aromatic N) is 2. The number of carboxylic acids is 1. The smallest absolute Gasteiger partial charge is 0.312 e. The lowest BCUT2D eigenvalue weighted by Crippen LogP contribution is -2.12. The van der Waals surface area contributed by atoms with Crippen LogP contribution in [0.3, 0.4) is 0 Å². The van der Waals surface area contributed by atoms with Gasteiger partial charge >= 0.3 is 5.97 Å². The maximum absolute atomic E-state index is 10.9. The van der Waals surface area contributed by atoms with Gasteiger partial charge in [0.25, 0.3) is 0 Å². The van der Waals surface area contributed by atoms with Crippen LogP contribution in [0.4, 0.5) is 0 Å². The van der Waals surface area contributed by atoms with Crippen molar-refractivity contribution in [1.29, 1.82) is 0 Å². The molecular formula is C11H12N2O2. The van der Waals surface area contributed by atoms with E-state index in [4.69, 9.17) is 5.11 Å². The first-order valence-corrected chi connectivity index (χ1v) is 4.77. The van der Waals surface area contributed by atoms with Crippen LogP contribution < -0.4 is 0 Å². The Bertz CT molecular complexity index is 516. The number of carbonyl (C=O) groups is 1. The van der Waals surface area contributed by atoms with Crippen molar-refractivity contribution in [3.63, 3.8) is 0 Å². The molecule has 2 aromatic rings. The second kappa shape index (κ2) is 3.38. The van der Waals surface area contributed by atoms with Crippen molar-refractivity contribution >= 4 is 11.5 Å². The third kappa shape index (κ3) is 1.58. The molecule has 1 N–H and O–H groups in total. The maximum Gasteiger partial charge on any atom is 0.312 e. The summed E-state index contributed by atoms with van der Waals surface area (Å²) in [6, 6.07) is 7.49. The number of carboxylic acid groups (broad SMARTS) is 1. The number of rotatable bonds is 2. The van der Waals surface area contributed by atoms with E-state index in [2.05, 4.69) is 5.10 Å². The number of pyridine rings is 1. The van der Waals surface area contributed by atoms with E-state index in [1.54, 1.807) is 17.5 Å². The van der Waals surface area contributed by atoms with Crippen LogP contribution in [-0.4, -0.2) is 20.7 Å². The van der Waals surface area contributed by atoms with E-state index in [1.807, 2.05) is 25.1 Å². The number of hydrogen-bond acceptors (Lipinski definition) is 2. The lowest BCUT2D eigenvalue weighted by Gasteiger charge is -2.08. The minimum Gasteiger partial charge on any atom is -0.481 e. The van der Waals surface area contributed by atoms with Crippen LogP contribution in [0.2, 0.25) is 0 Å². The first-order chi connectivity index (χ1) is 7.09. The highest BCUT2D eigenvalue weighted by Crippen LogP contribution is 2.17. The predicted molar refractivity (Wildman–Crippen MR) is 56.0 cm³/mol. The Morgan fingerprint density at radius 1 is 1.53 bits per heavy atom. The van der Waals surface area contributed by atoms with Crippen molar-refractivity contribution in [2.75, 3.05) is 0 Å². The molecule has 15 heavy (non-hydrogen) atoms. The van der Waals surface area contributed by atoms with Gasteiger partial charge in [-0.15, -0.1) is 0 Å². The molecule has 4 heteroatoms. The zero-order chi connectivity index (χ0) is 11.0. The molecule has 4 nitrogen and oxygen atoms in total. The minimum atomic E-state index is -0.837. The summed E-state index contributed by atoms with van der Waals surface area (Å²) in [5, 5.41) is 13.2. The van der Waals surface area contributed by atoms with Gasteiger partial charge in [-0.25, -0.2) is 4.52 Å². The largest absolute Gasteiger partial charge is 0.481 e. The molecule has 2 aromatic heterocycles. The quantitative estimate of drug-likeness (QED) is 0.811. The Hall–Kier alpha value is -1.84. The molecule has 0 aliphatic heterocycles. The number of fused-ring (bicyclic) bond motifs is 1. The van der Waals surface area contributed by atoms with E-state index < -0.39 is 11.9 Å². The van der Waals surface area contributed by atoms with Gasteiger partial charge in [-0.1, -0.05) is 6.07 Å². The summed E-state index contributed by atoms with van der Waals surface area (Å²) >= 11 is 0. The average molecular weight is 204 g/mol. The Kier molecular flexibility index (Phi) is 2.19. The molecule has 0 bridgehead atoms. The van der Waals surface area contributed by atoms with Crippen molar-refractivity contribution in [2.45, 2.75) is 19.8 Å². The van der Waals surface area contributed by atoms with Gasteiger partial charge in [0.1, 0.15) is 0 Å². The molecule has 2 rings (SSSR count). The highest BCUT2D eigenvalue weighted by Gasteiger charge is 2.17. The molecule has 0 aliphatic carbocycles. The van der Waals surface area contributed by atoms with E-state index in [0.717, 1.165) is 11.2 Å². The summed E-state index contributed by atoms with van der Waals surface area (Å²) in [4.78, 5) is 10.9. The van der Waals surface area contributed by atoms with Gasteiger partial charge in [0.2, 0.25) is 0 Å². The Labute approximate surface area is 87.2 Å². The van der Waals surface area contributed by atoms with Gasteiger partial charge in [0, 0.05) is 0 Å². The molecule has 0 saturated carbocycles. The monoisotopic (exact) mass is 204 g/mol. The average Bonchev–Trinajstić information content (AvgIpc) is 2.56. The fourth-order valence-corrected chi connectivity index (χ4v) is 1.62. The van der Waals surface area contributed by atoms with Crippen LogP contribution in [0, 0.1) is 6.92 Å². The molecule has 2 heterocycles. The molecule has 78 valence electrons. The van der Waals surface area contributed by atoms with Gasteiger partial charge in [-0.05, 0) is 32.0 Å². The molecule has 1 unspecified atom stereocenters. The van der Waals surface area contributed by atoms with E-state index in [0.29, 0.717) is 5.69 Å². The summed E-state index contributed by atoms with van der Waals surface area (Å²) in [6.45, 7) is 3.55. The summed E-state index contributed by atoms with van der Waals surface area (Å²) in [6.07, 6.45) is 0. The number of aromatic nitrogens is 2. The van der Waals surface area contributed by atoms with Gasteiger partial charge < -0.3 is 5.11 Å². The zero-order valence-electron chi connectivity index (χ0n) is 8.64. The van der Waals surface area contributed by atoms with Crippen LogP contribution in [0.15, 0.2) is 24.3 Å². The molecular weight excluding hydrogens is 192 g/mol. The molecule has 0 radical (unpaired) electrons. The third-order valence-corrected chi connectivity index (χ3v) is 2.45. The topological polar surface area (TPSA) is 54.6 Å². The Morgan fingerprint density at radius 2 is 2.27 bits per heavy atom. The molecule has 0 saturated heterocycles. The summed E-state index contributed by atoms with van der Waals surface area (Å²) in [7, 11) is 0. The van der Waals surface area contributed by atoms with Gasteiger partial charge in [-0.2, -0.15) is 5.10 Å². The molecule has 0 aliphatic rings. The molecule has 0 aromatic carbocycles. The standard InChI is InChI=1S/C11H12N2O2/c1-7-6-9-4-3-5-10(13(9)12-7)8(2)11(14)15/h3-6,8H,1-2H3,(H,14,15). The lowest BCUT2D eigenvalue weighted by atomic mass is 10.1. The summed E-state index contributed by atoms with van der Waals surface area (Å²) in [5.74, 6) is -1.39. The maximum atomic E-state index is 10.9. The van der Waals surface area contributed by atoms with E-state index in [1.165, 1.54) is 0 Å². The third-order valence-electron chi connectivity index (χ3n) is 2.45. The SMILES string of the molecule is Cc1cc2cccc(C(C)C(=O)O)n2n1. The molecule has 1 atom stereocenters. The van der Waals surface area contributed by atoms with Crippen LogP contribution in [0.25, 0.3) is 5.52 Å². The Morgan fingerprint density at radius 3 is 2.93 bits per heavy atom. The van der Waals surface area contributed by atoms with E-state index in [-0.39, 0.29) is 0 Å². The number of aliphatic carboxylic acids is 1. The van der Waals surface area contributed by atoms with Crippen LogP contribution in [0.5, 0.6) is 0 Å². The first-order valence-electron chi connectivity index (χ1n) is 4.77. The van der Waals surface area contributed by atoms with Crippen molar-refractivity contribution in [3.05, 3.63) is 35.7 Å². The Balaban J connectivity index is 2.64. The van der Waals surface area contributed by atoms with Crippen molar-refractivity contribution in [2.24, 2.45) is 0 Å². The van der Waals surface area contributed by atoms with Crippen molar-refractivity contribution in [1.82, 2.24) is 9.61 Å². The molecule has 0 amide bonds. The van der Waals surface area contributed by atoms with Crippen molar-refractivity contribution < 1.29 is 9.90 Å². The van der Waals surface area contributed by atoms with Crippen molar-refractivity contribution in [3.8, 4) is 0 Å². The zero-order valence-corrected chi connectivity index (χ0v) is 8.64. The number of hydrogen-bond donors (Lipinski definition) is 1. The summed E-state index contributed by atoms with van der Waals surface area (Å²) in [5.41, 5.74) is 2.52. The fourth-order valence-electron chi connectivity index (χ4n) is 1.62. The van der Waals surface area contributed by atoms with Crippen LogP contribution >= 0.6 is 0 Å². The summed E-state index contributed by atoms with van der Waals surface area (Å²) < 4.78 is 1.69. The van der Waals surface area contributed by atoms with E-state index in [9.17, 15) is 4.79 Å². The number of aryl methyl sites for hydroxylation is 1. The highest BCUT2D eigenvalue weighted by atomic mass is 16.4. The van der Waals surface area contributed by atoms with Gasteiger partial charge in [-0.3, -0.25) is 4.79 Å². The van der Waals surface area contributed by atoms with Crippen LogP contribution in [-0.2, 0) is 4.79 Å². The second-order valence-electron chi connectivity index (χ2n) is 3.63. The van der Waals surface area contributed by atoms with Crippen LogP contribution in [0.1, 0.15) is 24.2 Å². The van der Waals surface area contributed by atoms with Gasteiger partial charge in [0.05, 0.1) is 22.8 Å². The van der Waals surface area contributed by atoms with E-state index >= 15 is 0 Å². The molecule has 0 fully saturated rings. The van der Waals surface area contributed by atoms with Gasteiger partial charge in [0.15, 0.2) is 0 Å². The normalized spacial score (nSPS) is 12.9. The fraction of sp³-hybridized carbons (Fsp3) is 0.273.